The maximum absolute atomic E-state index is 10.9. The molecule has 0 amide bonds. The van der Waals surface area contributed by atoms with E-state index in [1.807, 2.05) is 27.7 Å². The van der Waals surface area contributed by atoms with Gasteiger partial charge in [0.25, 0.3) is 10.1 Å². The summed E-state index contributed by atoms with van der Waals surface area (Å²) in [4.78, 5) is 0.0144. The van der Waals surface area contributed by atoms with Crippen molar-refractivity contribution in [3.8, 4) is 0 Å². The molecule has 0 saturated carbocycles. The van der Waals surface area contributed by atoms with Crippen LogP contribution in [0.3, 0.4) is 0 Å². The van der Waals surface area contributed by atoms with Gasteiger partial charge >= 0.3 is 0 Å². The molecule has 1 aromatic carbocycles. The second kappa shape index (κ2) is 8.96. The standard InChI is InChI=1S/C9H12O3S.C2H6.C2H4/c1-3-8-6-7(2)4-5-9(8)13(10,11)12;2*1-2/h4-6H,3H2,1-2H3,(H,10,11,12);1-2H3;1-2H2. The van der Waals surface area contributed by atoms with Crippen molar-refractivity contribution >= 4 is 10.1 Å². The van der Waals surface area contributed by atoms with E-state index >= 15 is 0 Å². The van der Waals surface area contributed by atoms with Gasteiger partial charge in [-0.3, -0.25) is 4.55 Å². The van der Waals surface area contributed by atoms with Crippen LogP contribution in [-0.4, -0.2) is 13.0 Å². The summed E-state index contributed by atoms with van der Waals surface area (Å²) in [5, 5.41) is 0. The van der Waals surface area contributed by atoms with Crippen LogP contribution in [0.15, 0.2) is 36.3 Å². The van der Waals surface area contributed by atoms with Gasteiger partial charge in [-0.05, 0) is 25.0 Å². The third-order valence-electron chi connectivity index (χ3n) is 1.87. The van der Waals surface area contributed by atoms with Gasteiger partial charge in [-0.15, -0.1) is 13.2 Å². The van der Waals surface area contributed by atoms with E-state index in [-0.39, 0.29) is 4.90 Å². The van der Waals surface area contributed by atoms with Crippen molar-refractivity contribution in [1.29, 1.82) is 0 Å². The van der Waals surface area contributed by atoms with E-state index < -0.39 is 10.1 Å². The molecule has 0 aliphatic heterocycles. The number of rotatable bonds is 2. The molecule has 0 aliphatic carbocycles. The van der Waals surface area contributed by atoms with Gasteiger partial charge < -0.3 is 0 Å². The Labute approximate surface area is 105 Å². The average molecular weight is 258 g/mol. The Morgan fingerprint density at radius 1 is 1.24 bits per heavy atom. The summed E-state index contributed by atoms with van der Waals surface area (Å²) in [7, 11) is -4.06. The first-order chi connectivity index (χ1) is 7.95. The van der Waals surface area contributed by atoms with Gasteiger partial charge in [0.15, 0.2) is 0 Å². The van der Waals surface area contributed by atoms with E-state index in [0.717, 1.165) is 5.56 Å². The highest BCUT2D eigenvalue weighted by Crippen LogP contribution is 2.17. The SMILES string of the molecule is C=C.CC.CCc1cc(C)ccc1S(=O)(=O)O. The molecule has 0 bridgehead atoms. The zero-order chi connectivity index (χ0) is 14.1. The zero-order valence-corrected chi connectivity index (χ0v) is 11.8. The van der Waals surface area contributed by atoms with Crippen LogP contribution in [0.1, 0.15) is 31.9 Å². The molecule has 1 rings (SSSR count). The number of aryl methyl sites for hydroxylation is 2. The Kier molecular flexibility index (Phi) is 9.61. The molecule has 4 heteroatoms. The van der Waals surface area contributed by atoms with E-state index in [9.17, 15) is 8.42 Å². The molecule has 0 atom stereocenters. The molecule has 0 radical (unpaired) electrons. The summed E-state index contributed by atoms with van der Waals surface area (Å²) in [5.41, 5.74) is 1.65. The molecule has 0 heterocycles. The van der Waals surface area contributed by atoms with Gasteiger partial charge in [0.05, 0.1) is 4.90 Å². The number of hydrogen-bond donors (Lipinski definition) is 1. The van der Waals surface area contributed by atoms with E-state index in [4.69, 9.17) is 4.55 Å². The maximum Gasteiger partial charge on any atom is 0.294 e. The largest absolute Gasteiger partial charge is 0.294 e. The summed E-state index contributed by atoms with van der Waals surface area (Å²) in [5.74, 6) is 0. The van der Waals surface area contributed by atoms with Gasteiger partial charge in [0.1, 0.15) is 0 Å². The lowest BCUT2D eigenvalue weighted by Gasteiger charge is -2.05. The van der Waals surface area contributed by atoms with Crippen LogP contribution in [0.2, 0.25) is 0 Å². The van der Waals surface area contributed by atoms with Crippen LogP contribution in [0.5, 0.6) is 0 Å². The highest BCUT2D eigenvalue weighted by atomic mass is 32.2. The minimum absolute atomic E-state index is 0.0144. The summed E-state index contributed by atoms with van der Waals surface area (Å²) in [6.07, 6.45) is 0.594. The van der Waals surface area contributed by atoms with Crippen molar-refractivity contribution in [3.05, 3.63) is 42.5 Å². The Morgan fingerprint density at radius 2 is 1.71 bits per heavy atom. The monoisotopic (exact) mass is 258 g/mol. The lowest BCUT2D eigenvalue weighted by Crippen LogP contribution is -2.02. The van der Waals surface area contributed by atoms with Crippen LogP contribution < -0.4 is 0 Å². The zero-order valence-electron chi connectivity index (χ0n) is 11.0. The summed E-state index contributed by atoms with van der Waals surface area (Å²) < 4.78 is 30.6. The fourth-order valence-corrected chi connectivity index (χ4v) is 2.01. The maximum atomic E-state index is 10.9. The quantitative estimate of drug-likeness (QED) is 0.651. The average Bonchev–Trinajstić information content (AvgIpc) is 2.32. The van der Waals surface area contributed by atoms with Crippen LogP contribution in [0, 0.1) is 6.92 Å². The Morgan fingerprint density at radius 3 is 2.06 bits per heavy atom. The van der Waals surface area contributed by atoms with Gasteiger partial charge in [0, 0.05) is 0 Å². The van der Waals surface area contributed by atoms with Gasteiger partial charge in [0.2, 0.25) is 0 Å². The van der Waals surface area contributed by atoms with Crippen molar-refractivity contribution in [1.82, 2.24) is 0 Å². The third kappa shape index (κ3) is 6.24. The molecular weight excluding hydrogens is 236 g/mol. The second-order valence-corrected chi connectivity index (χ2v) is 4.33. The minimum Gasteiger partial charge on any atom is -0.282 e. The number of benzene rings is 1. The van der Waals surface area contributed by atoms with Gasteiger partial charge in [-0.1, -0.05) is 38.5 Å². The Hall–Kier alpha value is -1.13. The second-order valence-electron chi connectivity index (χ2n) is 2.94. The molecule has 0 fully saturated rings. The molecule has 1 N–H and O–H groups in total. The molecule has 0 aliphatic rings. The van der Waals surface area contributed by atoms with Crippen molar-refractivity contribution < 1.29 is 13.0 Å². The first kappa shape index (κ1) is 18.2. The van der Waals surface area contributed by atoms with Crippen LogP contribution in [0.25, 0.3) is 0 Å². The molecule has 0 aromatic heterocycles. The summed E-state index contributed by atoms with van der Waals surface area (Å²) in [6, 6.07) is 4.87. The highest BCUT2D eigenvalue weighted by molar-refractivity contribution is 7.85. The molecule has 0 saturated heterocycles. The van der Waals surface area contributed by atoms with Gasteiger partial charge in [-0.25, -0.2) is 0 Å². The molecule has 17 heavy (non-hydrogen) atoms. The highest BCUT2D eigenvalue weighted by Gasteiger charge is 2.13. The molecule has 98 valence electrons. The van der Waals surface area contributed by atoms with E-state index in [1.165, 1.54) is 6.07 Å². The smallest absolute Gasteiger partial charge is 0.282 e. The topological polar surface area (TPSA) is 54.4 Å². The van der Waals surface area contributed by atoms with Crippen LogP contribution >= 0.6 is 0 Å². The molecular formula is C13H22O3S. The normalized spacial score (nSPS) is 9.47. The molecule has 0 spiro atoms. The Bertz CT molecular complexity index is 422. The van der Waals surface area contributed by atoms with Gasteiger partial charge in [-0.2, -0.15) is 8.42 Å². The van der Waals surface area contributed by atoms with Crippen molar-refractivity contribution in [2.75, 3.05) is 0 Å². The van der Waals surface area contributed by atoms with Crippen LogP contribution in [0.4, 0.5) is 0 Å². The molecule has 0 unspecified atom stereocenters. The van der Waals surface area contributed by atoms with Crippen molar-refractivity contribution in [2.45, 2.75) is 39.0 Å². The molecule has 1 aromatic rings. The van der Waals surface area contributed by atoms with Crippen molar-refractivity contribution in [2.24, 2.45) is 0 Å². The Balaban J connectivity index is 0. The number of hydrogen-bond acceptors (Lipinski definition) is 2. The molecule has 3 nitrogen and oxygen atoms in total. The van der Waals surface area contributed by atoms with E-state index in [2.05, 4.69) is 13.2 Å². The summed E-state index contributed by atoms with van der Waals surface area (Å²) in [6.45, 7) is 13.7. The minimum atomic E-state index is -4.06. The van der Waals surface area contributed by atoms with Crippen molar-refractivity contribution in [3.63, 3.8) is 0 Å². The van der Waals surface area contributed by atoms with E-state index in [1.54, 1.807) is 12.1 Å². The first-order valence-electron chi connectivity index (χ1n) is 5.52. The fraction of sp³-hybridized carbons (Fsp3) is 0.385. The third-order valence-corrected chi connectivity index (χ3v) is 2.83. The lowest BCUT2D eigenvalue weighted by molar-refractivity contribution is 0.482. The van der Waals surface area contributed by atoms with Crippen LogP contribution in [-0.2, 0) is 16.5 Å². The summed E-state index contributed by atoms with van der Waals surface area (Å²) >= 11 is 0. The predicted molar refractivity (Wildman–Crippen MR) is 73.0 cm³/mol. The fourth-order valence-electron chi connectivity index (χ4n) is 1.24. The lowest BCUT2D eigenvalue weighted by atomic mass is 10.1. The van der Waals surface area contributed by atoms with E-state index in [0.29, 0.717) is 12.0 Å². The first-order valence-corrected chi connectivity index (χ1v) is 6.96. The predicted octanol–water partition coefficient (Wildman–Crippen LogP) is 3.63.